The van der Waals surface area contributed by atoms with Crippen LogP contribution in [-0.4, -0.2) is 24.9 Å². The summed E-state index contributed by atoms with van der Waals surface area (Å²) in [5.41, 5.74) is 4.80. The molecule has 0 bridgehead atoms. The van der Waals surface area contributed by atoms with Crippen LogP contribution in [0, 0.1) is 12.7 Å². The highest BCUT2D eigenvalue weighted by Gasteiger charge is 2.24. The Morgan fingerprint density at radius 1 is 1.03 bits per heavy atom. The van der Waals surface area contributed by atoms with Crippen molar-refractivity contribution in [3.05, 3.63) is 94.8 Å². The molecule has 158 valence electrons. The highest BCUT2D eigenvalue weighted by molar-refractivity contribution is 6.07. The van der Waals surface area contributed by atoms with Gasteiger partial charge in [0.2, 0.25) is 5.91 Å². The minimum absolute atomic E-state index is 0.0282. The van der Waals surface area contributed by atoms with Crippen molar-refractivity contribution in [2.75, 3.05) is 23.3 Å². The van der Waals surface area contributed by atoms with E-state index in [4.69, 9.17) is 0 Å². The Bertz CT molecular complexity index is 1110. The third-order valence-electron chi connectivity index (χ3n) is 5.44. The van der Waals surface area contributed by atoms with Gasteiger partial charge in [0.1, 0.15) is 5.82 Å². The quantitative estimate of drug-likeness (QED) is 0.636. The van der Waals surface area contributed by atoms with Crippen LogP contribution in [0.5, 0.6) is 0 Å². The Balaban J connectivity index is 1.29. The number of hydrogen-bond acceptors (Lipinski definition) is 3. The molecule has 0 aromatic heterocycles. The summed E-state index contributed by atoms with van der Waals surface area (Å²) in [5.74, 6) is -0.508. The van der Waals surface area contributed by atoms with E-state index in [1.807, 2.05) is 18.2 Å². The number of carbonyl (C=O) groups excluding carboxylic acids is 2. The number of para-hydroxylation sites is 1. The van der Waals surface area contributed by atoms with Crippen molar-refractivity contribution in [3.63, 3.8) is 0 Å². The monoisotopic (exact) mass is 417 g/mol. The number of nitrogens with zero attached hydrogens (tertiary/aromatic N) is 1. The number of nitrogens with one attached hydrogen (secondary N) is 2. The van der Waals surface area contributed by atoms with Gasteiger partial charge in [0.05, 0.1) is 6.54 Å². The van der Waals surface area contributed by atoms with Crippen LogP contribution in [0.25, 0.3) is 0 Å². The number of carbonyl (C=O) groups is 2. The van der Waals surface area contributed by atoms with E-state index >= 15 is 0 Å². The first-order valence-corrected chi connectivity index (χ1v) is 10.3. The third kappa shape index (κ3) is 4.74. The van der Waals surface area contributed by atoms with E-state index in [1.165, 1.54) is 11.6 Å². The van der Waals surface area contributed by atoms with Crippen LogP contribution in [0.1, 0.15) is 27.0 Å². The molecule has 1 heterocycles. The van der Waals surface area contributed by atoms with Gasteiger partial charge in [-0.3, -0.25) is 9.59 Å². The van der Waals surface area contributed by atoms with Crippen LogP contribution in [0.4, 0.5) is 15.8 Å². The fraction of sp³-hybridized carbons (Fsp3) is 0.200. The summed E-state index contributed by atoms with van der Waals surface area (Å²) < 4.78 is 13.6. The van der Waals surface area contributed by atoms with Crippen molar-refractivity contribution < 1.29 is 14.0 Å². The predicted molar refractivity (Wildman–Crippen MR) is 120 cm³/mol. The van der Waals surface area contributed by atoms with Gasteiger partial charge in [0.15, 0.2) is 0 Å². The Labute approximate surface area is 180 Å². The zero-order chi connectivity index (χ0) is 21.8. The van der Waals surface area contributed by atoms with E-state index in [0.717, 1.165) is 17.8 Å². The SMILES string of the molecule is Cc1ccc(CNC(=O)CNc2ccc(C(=O)N3CCc4ccccc43)cc2)cc1F. The van der Waals surface area contributed by atoms with E-state index in [9.17, 15) is 14.0 Å². The first-order chi connectivity index (χ1) is 15.0. The molecule has 0 saturated carbocycles. The lowest BCUT2D eigenvalue weighted by Gasteiger charge is -2.17. The van der Waals surface area contributed by atoms with Crippen LogP contribution in [0.3, 0.4) is 0 Å². The van der Waals surface area contributed by atoms with Crippen molar-refractivity contribution in [3.8, 4) is 0 Å². The number of halogens is 1. The summed E-state index contributed by atoms with van der Waals surface area (Å²) in [4.78, 5) is 26.8. The highest BCUT2D eigenvalue weighted by atomic mass is 19.1. The van der Waals surface area contributed by atoms with E-state index in [0.29, 0.717) is 23.2 Å². The minimum Gasteiger partial charge on any atom is -0.376 e. The molecule has 0 spiro atoms. The Kier molecular flexibility index (Phi) is 5.98. The number of amides is 2. The van der Waals surface area contributed by atoms with E-state index < -0.39 is 0 Å². The maximum Gasteiger partial charge on any atom is 0.258 e. The van der Waals surface area contributed by atoms with Crippen molar-refractivity contribution in [1.82, 2.24) is 5.32 Å². The fourth-order valence-corrected chi connectivity index (χ4v) is 3.63. The molecule has 5 nitrogen and oxygen atoms in total. The molecule has 0 saturated heterocycles. The van der Waals surface area contributed by atoms with Crippen molar-refractivity contribution in [2.45, 2.75) is 19.9 Å². The maximum atomic E-state index is 13.6. The predicted octanol–water partition coefficient (Wildman–Crippen LogP) is 4.07. The average Bonchev–Trinajstić information content (AvgIpc) is 3.22. The van der Waals surface area contributed by atoms with E-state index in [2.05, 4.69) is 16.7 Å². The smallest absolute Gasteiger partial charge is 0.258 e. The van der Waals surface area contributed by atoms with Crippen molar-refractivity contribution >= 4 is 23.2 Å². The molecule has 0 fully saturated rings. The normalized spacial score (nSPS) is 12.4. The van der Waals surface area contributed by atoms with Crippen LogP contribution in [0.2, 0.25) is 0 Å². The number of anilines is 2. The van der Waals surface area contributed by atoms with Gasteiger partial charge in [-0.2, -0.15) is 0 Å². The summed E-state index contributed by atoms with van der Waals surface area (Å²) in [6, 6.07) is 20.0. The average molecular weight is 417 g/mol. The van der Waals surface area contributed by atoms with Gasteiger partial charge >= 0.3 is 0 Å². The number of hydrogen-bond donors (Lipinski definition) is 2. The van der Waals surface area contributed by atoms with Gasteiger partial charge in [-0.1, -0.05) is 30.3 Å². The lowest BCUT2D eigenvalue weighted by Crippen LogP contribution is -2.29. The standard InChI is InChI=1S/C25H24FN3O2/c1-17-6-7-18(14-22(17)26)15-28-24(30)16-27-21-10-8-20(9-11-21)25(31)29-13-12-19-4-2-3-5-23(19)29/h2-11,14,27H,12-13,15-16H2,1H3,(H,28,30). The lowest BCUT2D eigenvalue weighted by molar-refractivity contribution is -0.119. The van der Waals surface area contributed by atoms with Gasteiger partial charge in [0, 0.05) is 30.0 Å². The van der Waals surface area contributed by atoms with Gasteiger partial charge in [0.25, 0.3) is 5.91 Å². The molecule has 1 aliphatic heterocycles. The molecule has 2 N–H and O–H groups in total. The maximum absolute atomic E-state index is 13.6. The van der Waals surface area contributed by atoms with Gasteiger partial charge in [-0.15, -0.1) is 0 Å². The molecule has 0 aliphatic carbocycles. The summed E-state index contributed by atoms with van der Waals surface area (Å²) in [6.07, 6.45) is 0.867. The number of fused-ring (bicyclic) bond motifs is 1. The number of rotatable bonds is 6. The van der Waals surface area contributed by atoms with Gasteiger partial charge in [-0.25, -0.2) is 4.39 Å². The van der Waals surface area contributed by atoms with Crippen molar-refractivity contribution in [1.29, 1.82) is 0 Å². The van der Waals surface area contributed by atoms with Gasteiger partial charge in [-0.05, 0) is 66.4 Å². The van der Waals surface area contributed by atoms with E-state index in [1.54, 1.807) is 48.2 Å². The zero-order valence-corrected chi connectivity index (χ0v) is 17.3. The molecule has 0 radical (unpaired) electrons. The molecule has 4 rings (SSSR count). The van der Waals surface area contributed by atoms with Crippen LogP contribution in [-0.2, 0) is 17.8 Å². The summed E-state index contributed by atoms with van der Waals surface area (Å²) in [7, 11) is 0. The minimum atomic E-state index is -0.281. The third-order valence-corrected chi connectivity index (χ3v) is 5.44. The molecular weight excluding hydrogens is 393 g/mol. The second-order valence-electron chi connectivity index (χ2n) is 7.63. The lowest BCUT2D eigenvalue weighted by atomic mass is 10.1. The molecule has 3 aromatic carbocycles. The molecule has 6 heteroatoms. The van der Waals surface area contributed by atoms with E-state index in [-0.39, 0.29) is 30.7 Å². The molecule has 2 amide bonds. The molecule has 0 atom stereocenters. The Morgan fingerprint density at radius 3 is 2.58 bits per heavy atom. The summed E-state index contributed by atoms with van der Waals surface area (Å²) in [6.45, 7) is 2.73. The Morgan fingerprint density at radius 2 is 1.81 bits per heavy atom. The number of aryl methyl sites for hydroxylation is 1. The Hall–Kier alpha value is -3.67. The molecule has 0 unspecified atom stereocenters. The van der Waals surface area contributed by atoms with Crippen LogP contribution in [0.15, 0.2) is 66.7 Å². The summed E-state index contributed by atoms with van der Waals surface area (Å²) in [5, 5.41) is 5.80. The molecule has 31 heavy (non-hydrogen) atoms. The van der Waals surface area contributed by atoms with Crippen LogP contribution < -0.4 is 15.5 Å². The zero-order valence-electron chi connectivity index (χ0n) is 17.3. The largest absolute Gasteiger partial charge is 0.376 e. The number of benzene rings is 3. The summed E-state index contributed by atoms with van der Waals surface area (Å²) >= 11 is 0. The van der Waals surface area contributed by atoms with Gasteiger partial charge < -0.3 is 15.5 Å². The van der Waals surface area contributed by atoms with Crippen molar-refractivity contribution in [2.24, 2.45) is 0 Å². The topological polar surface area (TPSA) is 61.4 Å². The molecule has 1 aliphatic rings. The fourth-order valence-electron chi connectivity index (χ4n) is 3.63. The first-order valence-electron chi connectivity index (χ1n) is 10.3. The molecular formula is C25H24FN3O2. The highest BCUT2D eigenvalue weighted by Crippen LogP contribution is 2.29. The van der Waals surface area contributed by atoms with Crippen LogP contribution >= 0.6 is 0 Å². The molecule has 3 aromatic rings. The first kappa shape index (κ1) is 20.6. The second-order valence-corrected chi connectivity index (χ2v) is 7.63. The second kappa shape index (κ2) is 9.00.